The zero-order valence-corrected chi connectivity index (χ0v) is 15.1. The molecule has 1 aromatic heterocycles. The van der Waals surface area contributed by atoms with Crippen molar-refractivity contribution in [3.63, 3.8) is 0 Å². The summed E-state index contributed by atoms with van der Waals surface area (Å²) < 4.78 is 12.9. The molecule has 2 aromatic carbocycles. The summed E-state index contributed by atoms with van der Waals surface area (Å²) in [5.74, 6) is 0.0506. The van der Waals surface area contributed by atoms with E-state index in [-0.39, 0.29) is 11.7 Å². The predicted octanol–water partition coefficient (Wildman–Crippen LogP) is 3.75. The third-order valence-corrected chi connectivity index (χ3v) is 4.14. The number of anilines is 2. The summed E-state index contributed by atoms with van der Waals surface area (Å²) in [6.45, 7) is 3.19. The van der Waals surface area contributed by atoms with Crippen LogP contribution in [0, 0.1) is 5.82 Å². The number of carbonyl (C=O) groups excluding carboxylic acids is 1. The highest BCUT2D eigenvalue weighted by Gasteiger charge is 2.12. The van der Waals surface area contributed by atoms with Gasteiger partial charge in [0.25, 0.3) is 5.91 Å². The van der Waals surface area contributed by atoms with Gasteiger partial charge in [-0.15, -0.1) is 0 Å². The molecule has 1 heterocycles. The molecule has 1 N–H and O–H groups in total. The van der Waals surface area contributed by atoms with Gasteiger partial charge in [0, 0.05) is 31.2 Å². The van der Waals surface area contributed by atoms with Crippen molar-refractivity contribution in [3.05, 3.63) is 83.9 Å². The van der Waals surface area contributed by atoms with Gasteiger partial charge in [-0.1, -0.05) is 30.3 Å². The molecule has 138 valence electrons. The van der Waals surface area contributed by atoms with Crippen LogP contribution in [0.2, 0.25) is 0 Å². The maximum absolute atomic E-state index is 12.9. The van der Waals surface area contributed by atoms with Crippen LogP contribution in [0.15, 0.2) is 67.0 Å². The van der Waals surface area contributed by atoms with Crippen LogP contribution in [0.1, 0.15) is 22.8 Å². The van der Waals surface area contributed by atoms with Crippen LogP contribution in [0.5, 0.6) is 0 Å². The Balaban J connectivity index is 1.59. The van der Waals surface area contributed by atoms with Crippen LogP contribution in [-0.2, 0) is 6.42 Å². The summed E-state index contributed by atoms with van der Waals surface area (Å²) >= 11 is 0. The van der Waals surface area contributed by atoms with Crippen LogP contribution in [-0.4, -0.2) is 29.0 Å². The van der Waals surface area contributed by atoms with E-state index < -0.39 is 0 Å². The van der Waals surface area contributed by atoms with Gasteiger partial charge in [0.15, 0.2) is 0 Å². The van der Waals surface area contributed by atoms with Crippen molar-refractivity contribution in [2.45, 2.75) is 13.3 Å². The summed E-state index contributed by atoms with van der Waals surface area (Å²) in [6.07, 6.45) is 3.69. The van der Waals surface area contributed by atoms with Crippen LogP contribution in [0.3, 0.4) is 0 Å². The highest BCUT2D eigenvalue weighted by atomic mass is 19.1. The minimum atomic E-state index is -0.267. The molecular formula is C21H21FN4O. The number of amides is 1. The van der Waals surface area contributed by atoms with Gasteiger partial charge in [0.2, 0.25) is 5.95 Å². The smallest absolute Gasteiger partial charge is 0.254 e. The van der Waals surface area contributed by atoms with Gasteiger partial charge in [-0.2, -0.15) is 0 Å². The third kappa shape index (κ3) is 4.88. The van der Waals surface area contributed by atoms with Crippen molar-refractivity contribution in [1.29, 1.82) is 0 Å². The van der Waals surface area contributed by atoms with Crippen LogP contribution >= 0.6 is 0 Å². The second kappa shape index (κ2) is 8.89. The van der Waals surface area contributed by atoms with Crippen molar-refractivity contribution in [2.24, 2.45) is 0 Å². The molecule has 27 heavy (non-hydrogen) atoms. The molecule has 0 spiro atoms. The number of nitrogens with zero attached hydrogens (tertiary/aromatic N) is 3. The monoisotopic (exact) mass is 364 g/mol. The Labute approximate surface area is 157 Å². The minimum Gasteiger partial charge on any atom is -0.352 e. The highest BCUT2D eigenvalue weighted by molar-refractivity contribution is 5.93. The second-order valence-corrected chi connectivity index (χ2v) is 5.98. The van der Waals surface area contributed by atoms with E-state index >= 15 is 0 Å². The third-order valence-electron chi connectivity index (χ3n) is 4.14. The SMILES string of the molecule is CCN(c1ccccc1)c1ncc(C(=O)NCCc2ccc(F)cc2)cn1. The normalized spacial score (nSPS) is 10.4. The summed E-state index contributed by atoms with van der Waals surface area (Å²) in [5.41, 5.74) is 2.36. The van der Waals surface area contributed by atoms with Gasteiger partial charge in [-0.05, 0) is 43.2 Å². The first-order valence-corrected chi connectivity index (χ1v) is 8.84. The van der Waals surface area contributed by atoms with Crippen LogP contribution in [0.4, 0.5) is 16.0 Å². The molecule has 0 aliphatic rings. The lowest BCUT2D eigenvalue weighted by atomic mass is 10.1. The molecule has 0 unspecified atom stereocenters. The number of hydrogen-bond acceptors (Lipinski definition) is 4. The Morgan fingerprint density at radius 2 is 1.70 bits per heavy atom. The predicted molar refractivity (Wildman–Crippen MR) is 104 cm³/mol. The molecule has 0 saturated heterocycles. The summed E-state index contributed by atoms with van der Waals surface area (Å²) in [6, 6.07) is 16.1. The van der Waals surface area contributed by atoms with Crippen LogP contribution in [0.25, 0.3) is 0 Å². The number of benzene rings is 2. The molecule has 0 atom stereocenters. The number of hydrogen-bond donors (Lipinski definition) is 1. The topological polar surface area (TPSA) is 58.1 Å². The lowest BCUT2D eigenvalue weighted by molar-refractivity contribution is 0.0953. The first-order valence-electron chi connectivity index (χ1n) is 8.84. The van der Waals surface area contributed by atoms with Gasteiger partial charge in [-0.25, -0.2) is 14.4 Å². The fraction of sp³-hybridized carbons (Fsp3) is 0.190. The van der Waals surface area contributed by atoms with Gasteiger partial charge < -0.3 is 10.2 Å². The number of aromatic nitrogens is 2. The average Bonchev–Trinajstić information content (AvgIpc) is 2.71. The maximum Gasteiger partial charge on any atom is 0.254 e. The molecule has 0 saturated carbocycles. The zero-order valence-electron chi connectivity index (χ0n) is 15.1. The maximum atomic E-state index is 12.9. The lowest BCUT2D eigenvalue weighted by Crippen LogP contribution is -2.26. The largest absolute Gasteiger partial charge is 0.352 e. The molecular weight excluding hydrogens is 343 g/mol. The van der Waals surface area contributed by atoms with E-state index in [1.165, 1.54) is 24.5 Å². The van der Waals surface area contributed by atoms with Gasteiger partial charge in [0.05, 0.1) is 5.56 Å². The Morgan fingerprint density at radius 3 is 2.33 bits per heavy atom. The van der Waals surface area contributed by atoms with E-state index in [9.17, 15) is 9.18 Å². The fourth-order valence-corrected chi connectivity index (χ4v) is 2.70. The first kappa shape index (κ1) is 18.5. The van der Waals surface area contributed by atoms with Crippen molar-refractivity contribution < 1.29 is 9.18 Å². The standard InChI is InChI=1S/C21H21FN4O/c1-2-26(19-6-4-3-5-7-19)21-24-14-17(15-25-21)20(27)23-13-12-16-8-10-18(22)11-9-16/h3-11,14-15H,2,12-13H2,1H3,(H,23,27). The molecule has 1 amide bonds. The van der Waals surface area contributed by atoms with Crippen molar-refractivity contribution >= 4 is 17.5 Å². The van der Waals surface area contributed by atoms with Gasteiger partial charge >= 0.3 is 0 Å². The average molecular weight is 364 g/mol. The Hall–Kier alpha value is -3.28. The molecule has 0 radical (unpaired) electrons. The van der Waals surface area contributed by atoms with Crippen molar-refractivity contribution in [1.82, 2.24) is 15.3 Å². The Bertz CT molecular complexity index is 867. The number of rotatable bonds is 7. The fourth-order valence-electron chi connectivity index (χ4n) is 2.70. The number of para-hydroxylation sites is 1. The van der Waals surface area contributed by atoms with E-state index in [1.54, 1.807) is 12.1 Å². The molecule has 0 aliphatic carbocycles. The molecule has 0 aliphatic heterocycles. The lowest BCUT2D eigenvalue weighted by Gasteiger charge is -2.20. The van der Waals surface area contributed by atoms with Gasteiger partial charge in [0.1, 0.15) is 5.82 Å². The Morgan fingerprint density at radius 1 is 1.04 bits per heavy atom. The summed E-state index contributed by atoms with van der Waals surface area (Å²) in [5, 5.41) is 2.83. The number of halogens is 1. The van der Waals surface area contributed by atoms with Crippen LogP contribution < -0.4 is 10.2 Å². The van der Waals surface area contributed by atoms with E-state index in [0.717, 1.165) is 11.3 Å². The highest BCUT2D eigenvalue weighted by Crippen LogP contribution is 2.20. The molecule has 0 fully saturated rings. The van der Waals surface area contributed by atoms with Crippen molar-refractivity contribution in [2.75, 3.05) is 18.0 Å². The molecule has 3 aromatic rings. The summed E-state index contributed by atoms with van der Waals surface area (Å²) in [7, 11) is 0. The van der Waals surface area contributed by atoms with E-state index in [1.807, 2.05) is 42.2 Å². The molecule has 0 bridgehead atoms. The van der Waals surface area contributed by atoms with E-state index in [2.05, 4.69) is 15.3 Å². The molecule has 3 rings (SSSR count). The second-order valence-electron chi connectivity index (χ2n) is 5.98. The minimum absolute atomic E-state index is 0.230. The van der Waals surface area contributed by atoms with Gasteiger partial charge in [-0.3, -0.25) is 4.79 Å². The van der Waals surface area contributed by atoms with E-state index in [0.29, 0.717) is 31.0 Å². The number of nitrogens with one attached hydrogen (secondary N) is 1. The first-order chi connectivity index (χ1) is 13.2. The zero-order chi connectivity index (χ0) is 19.1. The molecule has 6 heteroatoms. The number of carbonyl (C=O) groups is 1. The Kier molecular flexibility index (Phi) is 6.10. The quantitative estimate of drug-likeness (QED) is 0.694. The summed E-state index contributed by atoms with van der Waals surface area (Å²) in [4.78, 5) is 22.9. The van der Waals surface area contributed by atoms with Crippen molar-refractivity contribution in [3.8, 4) is 0 Å². The molecule has 5 nitrogen and oxygen atoms in total. The van der Waals surface area contributed by atoms with E-state index in [4.69, 9.17) is 0 Å².